The first-order chi connectivity index (χ1) is 6.34. The molecule has 0 aromatic heterocycles. The fourth-order valence-electron chi connectivity index (χ4n) is 1.54. The van der Waals surface area contributed by atoms with Crippen LogP contribution in [0.25, 0.3) is 0 Å². The van der Waals surface area contributed by atoms with Gasteiger partial charge in [0.25, 0.3) is 0 Å². The molecule has 0 saturated heterocycles. The van der Waals surface area contributed by atoms with E-state index >= 15 is 0 Å². The summed E-state index contributed by atoms with van der Waals surface area (Å²) in [5.74, 6) is 1.90. The lowest BCUT2D eigenvalue weighted by Gasteiger charge is -2.11. The van der Waals surface area contributed by atoms with Crippen LogP contribution in [0.15, 0.2) is 12.7 Å². The van der Waals surface area contributed by atoms with Crippen molar-refractivity contribution >= 4 is 0 Å². The normalized spacial score (nSPS) is 18.5. The lowest BCUT2D eigenvalue weighted by Crippen LogP contribution is -2.30. The third kappa shape index (κ3) is 5.06. The molecule has 0 spiro atoms. The molecular formula is C11H22N2. The Labute approximate surface area is 81.8 Å². The quantitative estimate of drug-likeness (QED) is 0.438. The van der Waals surface area contributed by atoms with Crippen molar-refractivity contribution in [3.05, 3.63) is 12.7 Å². The molecule has 2 N–H and O–H groups in total. The lowest BCUT2D eigenvalue weighted by molar-refractivity contribution is 0.460. The van der Waals surface area contributed by atoms with E-state index in [0.717, 1.165) is 31.5 Å². The first kappa shape index (κ1) is 10.7. The minimum absolute atomic E-state index is 0.874. The molecule has 1 saturated carbocycles. The zero-order valence-electron chi connectivity index (χ0n) is 8.68. The molecule has 0 radical (unpaired) electrons. The van der Waals surface area contributed by atoms with Gasteiger partial charge >= 0.3 is 0 Å². The van der Waals surface area contributed by atoms with Gasteiger partial charge in [0.05, 0.1) is 0 Å². The van der Waals surface area contributed by atoms with E-state index in [-0.39, 0.29) is 0 Å². The minimum atomic E-state index is 0.874. The Hall–Kier alpha value is -0.340. The molecule has 0 aromatic rings. The fraction of sp³-hybridized carbons (Fsp3) is 0.818. The largest absolute Gasteiger partial charge is 0.315 e. The highest BCUT2D eigenvalue weighted by molar-refractivity contribution is 4.79. The first-order valence-corrected chi connectivity index (χ1v) is 5.37. The molecule has 13 heavy (non-hydrogen) atoms. The van der Waals surface area contributed by atoms with E-state index < -0.39 is 0 Å². The van der Waals surface area contributed by atoms with Crippen molar-refractivity contribution in [1.29, 1.82) is 0 Å². The summed E-state index contributed by atoms with van der Waals surface area (Å²) in [6.07, 6.45) is 4.81. The second kappa shape index (κ2) is 6.17. The summed E-state index contributed by atoms with van der Waals surface area (Å²) >= 11 is 0. The Bertz CT molecular complexity index is 141. The van der Waals surface area contributed by atoms with Gasteiger partial charge in [-0.1, -0.05) is 13.0 Å². The first-order valence-electron chi connectivity index (χ1n) is 5.37. The van der Waals surface area contributed by atoms with Crippen LogP contribution in [0.5, 0.6) is 0 Å². The number of rotatable bonds is 8. The summed E-state index contributed by atoms with van der Waals surface area (Å²) in [6, 6.07) is 0. The minimum Gasteiger partial charge on any atom is -0.315 e. The van der Waals surface area contributed by atoms with Crippen molar-refractivity contribution < 1.29 is 0 Å². The van der Waals surface area contributed by atoms with Crippen LogP contribution in [-0.4, -0.2) is 26.2 Å². The zero-order chi connectivity index (χ0) is 9.52. The van der Waals surface area contributed by atoms with Gasteiger partial charge in [0, 0.05) is 19.6 Å². The van der Waals surface area contributed by atoms with Crippen LogP contribution in [0.1, 0.15) is 19.8 Å². The van der Waals surface area contributed by atoms with Gasteiger partial charge in [0.1, 0.15) is 0 Å². The average Bonchev–Trinajstić information content (AvgIpc) is 2.93. The molecule has 2 nitrogen and oxygen atoms in total. The van der Waals surface area contributed by atoms with E-state index in [4.69, 9.17) is 0 Å². The summed E-state index contributed by atoms with van der Waals surface area (Å²) in [4.78, 5) is 0. The van der Waals surface area contributed by atoms with Crippen LogP contribution in [0.3, 0.4) is 0 Å². The molecule has 76 valence electrons. The summed E-state index contributed by atoms with van der Waals surface area (Å²) in [5, 5.41) is 6.74. The van der Waals surface area contributed by atoms with Crippen molar-refractivity contribution in [2.75, 3.05) is 26.2 Å². The number of hydrogen-bond donors (Lipinski definition) is 2. The van der Waals surface area contributed by atoms with Crippen LogP contribution in [0.4, 0.5) is 0 Å². The number of hydrogen-bond acceptors (Lipinski definition) is 2. The van der Waals surface area contributed by atoms with Crippen molar-refractivity contribution in [2.45, 2.75) is 19.8 Å². The summed E-state index contributed by atoms with van der Waals surface area (Å²) in [5.41, 5.74) is 0. The van der Waals surface area contributed by atoms with Crippen LogP contribution >= 0.6 is 0 Å². The van der Waals surface area contributed by atoms with Crippen LogP contribution in [0, 0.1) is 11.8 Å². The van der Waals surface area contributed by atoms with Crippen molar-refractivity contribution in [3.8, 4) is 0 Å². The third-order valence-corrected chi connectivity index (χ3v) is 2.66. The topological polar surface area (TPSA) is 24.1 Å². The van der Waals surface area contributed by atoms with E-state index in [9.17, 15) is 0 Å². The average molecular weight is 182 g/mol. The Kier molecular flexibility index (Phi) is 5.09. The highest BCUT2D eigenvalue weighted by Gasteiger charge is 2.27. The SMILES string of the molecule is C=CCNCCNCC(C)C1CC1. The smallest absolute Gasteiger partial charge is 0.0132 e. The van der Waals surface area contributed by atoms with Crippen molar-refractivity contribution in [3.63, 3.8) is 0 Å². The molecule has 1 atom stereocenters. The summed E-state index contributed by atoms with van der Waals surface area (Å²) < 4.78 is 0. The van der Waals surface area contributed by atoms with E-state index in [1.165, 1.54) is 19.4 Å². The van der Waals surface area contributed by atoms with E-state index in [1.807, 2.05) is 6.08 Å². The molecule has 1 aliphatic rings. The van der Waals surface area contributed by atoms with Gasteiger partial charge in [0.2, 0.25) is 0 Å². The van der Waals surface area contributed by atoms with Gasteiger partial charge in [-0.3, -0.25) is 0 Å². The second-order valence-corrected chi connectivity index (χ2v) is 4.01. The molecule has 0 aromatic carbocycles. The standard InChI is InChI=1S/C11H22N2/c1-3-6-12-7-8-13-9-10(2)11-4-5-11/h3,10-13H,1,4-9H2,2H3. The molecule has 0 heterocycles. The fourth-order valence-corrected chi connectivity index (χ4v) is 1.54. The van der Waals surface area contributed by atoms with E-state index in [2.05, 4.69) is 24.1 Å². The molecule has 1 fully saturated rings. The second-order valence-electron chi connectivity index (χ2n) is 4.01. The predicted molar refractivity (Wildman–Crippen MR) is 57.8 cm³/mol. The molecule has 0 aliphatic heterocycles. The maximum absolute atomic E-state index is 3.66. The Balaban J connectivity index is 1.80. The van der Waals surface area contributed by atoms with Gasteiger partial charge in [-0.2, -0.15) is 0 Å². The van der Waals surface area contributed by atoms with Crippen molar-refractivity contribution in [1.82, 2.24) is 10.6 Å². The Morgan fingerprint density at radius 1 is 1.38 bits per heavy atom. The highest BCUT2D eigenvalue weighted by atomic mass is 14.9. The molecule has 1 rings (SSSR count). The number of nitrogens with one attached hydrogen (secondary N) is 2. The molecule has 1 aliphatic carbocycles. The molecule has 2 heteroatoms. The zero-order valence-corrected chi connectivity index (χ0v) is 8.68. The third-order valence-electron chi connectivity index (χ3n) is 2.66. The molecule has 1 unspecified atom stereocenters. The summed E-state index contributed by atoms with van der Waals surface area (Å²) in [6.45, 7) is 10.2. The maximum atomic E-state index is 3.66. The monoisotopic (exact) mass is 182 g/mol. The maximum Gasteiger partial charge on any atom is 0.0132 e. The van der Waals surface area contributed by atoms with Gasteiger partial charge in [-0.15, -0.1) is 6.58 Å². The van der Waals surface area contributed by atoms with Gasteiger partial charge in [-0.25, -0.2) is 0 Å². The van der Waals surface area contributed by atoms with Crippen LogP contribution in [-0.2, 0) is 0 Å². The Morgan fingerprint density at radius 2 is 2.08 bits per heavy atom. The Morgan fingerprint density at radius 3 is 2.69 bits per heavy atom. The van der Waals surface area contributed by atoms with E-state index in [1.54, 1.807) is 0 Å². The van der Waals surface area contributed by atoms with Gasteiger partial charge in [0.15, 0.2) is 0 Å². The highest BCUT2D eigenvalue weighted by Crippen LogP contribution is 2.35. The van der Waals surface area contributed by atoms with Crippen LogP contribution < -0.4 is 10.6 Å². The van der Waals surface area contributed by atoms with Gasteiger partial charge < -0.3 is 10.6 Å². The van der Waals surface area contributed by atoms with Crippen molar-refractivity contribution in [2.24, 2.45) is 11.8 Å². The molecular weight excluding hydrogens is 160 g/mol. The van der Waals surface area contributed by atoms with Gasteiger partial charge in [-0.05, 0) is 31.2 Å². The summed E-state index contributed by atoms with van der Waals surface area (Å²) in [7, 11) is 0. The lowest BCUT2D eigenvalue weighted by atomic mass is 10.1. The molecule has 0 bridgehead atoms. The molecule has 0 amide bonds. The van der Waals surface area contributed by atoms with Crippen LogP contribution in [0.2, 0.25) is 0 Å². The van der Waals surface area contributed by atoms with E-state index in [0.29, 0.717) is 0 Å². The predicted octanol–water partition coefficient (Wildman–Crippen LogP) is 1.40.